The van der Waals surface area contributed by atoms with E-state index in [-0.39, 0.29) is 11.9 Å². The molecule has 0 saturated carbocycles. The van der Waals surface area contributed by atoms with Gasteiger partial charge in [0.05, 0.1) is 39.4 Å². The van der Waals surface area contributed by atoms with Crippen molar-refractivity contribution in [3.63, 3.8) is 0 Å². The maximum absolute atomic E-state index is 12.6. The van der Waals surface area contributed by atoms with Gasteiger partial charge in [0.1, 0.15) is 0 Å². The number of halogens is 1. The zero-order valence-electron chi connectivity index (χ0n) is 17.8. The molecule has 3 amide bonds. The SMILES string of the molecule is CC(C)N1CCC(NC(=O)c2cc(-n3cc(NC(=O)Nc4ccccc4Cl)cn3)cs2)C1. The molecule has 2 aromatic heterocycles. The van der Waals surface area contributed by atoms with Crippen LogP contribution in [0.5, 0.6) is 0 Å². The van der Waals surface area contributed by atoms with Crippen LogP contribution in [0.2, 0.25) is 5.02 Å². The van der Waals surface area contributed by atoms with E-state index >= 15 is 0 Å². The summed E-state index contributed by atoms with van der Waals surface area (Å²) in [6.45, 7) is 6.23. The Labute approximate surface area is 195 Å². The summed E-state index contributed by atoms with van der Waals surface area (Å²) in [5.41, 5.74) is 1.80. The van der Waals surface area contributed by atoms with Crippen molar-refractivity contribution < 1.29 is 9.59 Å². The number of carbonyl (C=O) groups excluding carboxylic acids is 2. The van der Waals surface area contributed by atoms with E-state index in [9.17, 15) is 9.59 Å². The Morgan fingerprint density at radius 1 is 1.25 bits per heavy atom. The number of likely N-dealkylation sites (tertiary alicyclic amines) is 1. The van der Waals surface area contributed by atoms with E-state index in [1.165, 1.54) is 11.3 Å². The van der Waals surface area contributed by atoms with Crippen LogP contribution in [0, 0.1) is 0 Å². The van der Waals surface area contributed by atoms with Gasteiger partial charge in [0, 0.05) is 30.6 Å². The van der Waals surface area contributed by atoms with E-state index in [0.717, 1.165) is 25.2 Å². The van der Waals surface area contributed by atoms with Crippen molar-refractivity contribution in [3.05, 3.63) is 58.0 Å². The number of urea groups is 1. The lowest BCUT2D eigenvalue weighted by molar-refractivity contribution is 0.0940. The quantitative estimate of drug-likeness (QED) is 0.494. The number of thiophene rings is 1. The number of nitrogens with zero attached hydrogens (tertiary/aromatic N) is 3. The van der Waals surface area contributed by atoms with Crippen LogP contribution in [0.15, 0.2) is 48.1 Å². The molecule has 0 spiro atoms. The fraction of sp³-hybridized carbons (Fsp3) is 0.318. The van der Waals surface area contributed by atoms with Crippen molar-refractivity contribution in [1.82, 2.24) is 20.0 Å². The highest BCUT2D eigenvalue weighted by atomic mass is 35.5. The second kappa shape index (κ2) is 9.72. The molecule has 1 aliphatic rings. The van der Waals surface area contributed by atoms with Gasteiger partial charge in [0.15, 0.2) is 0 Å². The van der Waals surface area contributed by atoms with Crippen LogP contribution >= 0.6 is 22.9 Å². The Kier molecular flexibility index (Phi) is 6.78. The van der Waals surface area contributed by atoms with Crippen LogP contribution in [0.3, 0.4) is 0 Å². The molecule has 1 fully saturated rings. The van der Waals surface area contributed by atoms with Gasteiger partial charge in [-0.3, -0.25) is 9.69 Å². The van der Waals surface area contributed by atoms with Crippen LogP contribution in [0.25, 0.3) is 5.69 Å². The number of anilines is 2. The minimum Gasteiger partial charge on any atom is -0.347 e. The summed E-state index contributed by atoms with van der Waals surface area (Å²) in [5.74, 6) is -0.0681. The predicted molar refractivity (Wildman–Crippen MR) is 128 cm³/mol. The normalized spacial score (nSPS) is 16.3. The molecular weight excluding hydrogens is 448 g/mol. The number of hydrogen-bond acceptors (Lipinski definition) is 5. The molecule has 3 aromatic rings. The molecule has 1 unspecified atom stereocenters. The molecular formula is C22H25ClN6O2S. The monoisotopic (exact) mass is 472 g/mol. The zero-order valence-corrected chi connectivity index (χ0v) is 19.4. The average molecular weight is 473 g/mol. The number of rotatable bonds is 6. The first-order valence-corrected chi connectivity index (χ1v) is 11.7. The van der Waals surface area contributed by atoms with E-state index in [1.54, 1.807) is 47.4 Å². The van der Waals surface area contributed by atoms with E-state index in [0.29, 0.717) is 27.3 Å². The van der Waals surface area contributed by atoms with Gasteiger partial charge in [0.25, 0.3) is 5.91 Å². The number of aromatic nitrogens is 2. The fourth-order valence-corrected chi connectivity index (χ4v) is 4.53. The van der Waals surface area contributed by atoms with Crippen molar-refractivity contribution in [2.24, 2.45) is 0 Å². The van der Waals surface area contributed by atoms with Crippen LogP contribution in [0.4, 0.5) is 16.2 Å². The highest BCUT2D eigenvalue weighted by molar-refractivity contribution is 7.12. The van der Waals surface area contributed by atoms with Gasteiger partial charge in [-0.05, 0) is 38.5 Å². The Balaban J connectivity index is 1.34. The summed E-state index contributed by atoms with van der Waals surface area (Å²) in [7, 11) is 0. The van der Waals surface area contributed by atoms with Crippen molar-refractivity contribution >= 4 is 46.3 Å². The third kappa shape index (κ3) is 5.29. The Morgan fingerprint density at radius 2 is 2.06 bits per heavy atom. The maximum Gasteiger partial charge on any atom is 0.323 e. The first-order chi connectivity index (χ1) is 15.4. The van der Waals surface area contributed by atoms with Gasteiger partial charge in [-0.2, -0.15) is 5.10 Å². The first-order valence-electron chi connectivity index (χ1n) is 10.4. The van der Waals surface area contributed by atoms with Crippen LogP contribution < -0.4 is 16.0 Å². The van der Waals surface area contributed by atoms with Crippen LogP contribution in [-0.2, 0) is 0 Å². The minimum absolute atomic E-state index is 0.0681. The largest absolute Gasteiger partial charge is 0.347 e. The van der Waals surface area contributed by atoms with E-state index in [4.69, 9.17) is 11.6 Å². The molecule has 8 nitrogen and oxygen atoms in total. The molecule has 168 valence electrons. The summed E-state index contributed by atoms with van der Waals surface area (Å²) in [6, 6.07) is 9.04. The second-order valence-electron chi connectivity index (χ2n) is 7.95. The molecule has 1 aromatic carbocycles. The van der Waals surface area contributed by atoms with Gasteiger partial charge >= 0.3 is 6.03 Å². The number of nitrogens with one attached hydrogen (secondary N) is 3. The topological polar surface area (TPSA) is 91.3 Å². The summed E-state index contributed by atoms with van der Waals surface area (Å²) in [6.07, 6.45) is 4.20. The van der Waals surface area contributed by atoms with Crippen molar-refractivity contribution in [2.45, 2.75) is 32.4 Å². The van der Waals surface area contributed by atoms with Gasteiger partial charge < -0.3 is 16.0 Å². The lowest BCUT2D eigenvalue weighted by Gasteiger charge is -2.20. The fourth-order valence-electron chi connectivity index (χ4n) is 3.57. The summed E-state index contributed by atoms with van der Waals surface area (Å²) in [4.78, 5) is 27.9. The molecule has 3 heterocycles. The van der Waals surface area contributed by atoms with Crippen LogP contribution in [0.1, 0.15) is 29.9 Å². The number of para-hydroxylation sites is 1. The highest BCUT2D eigenvalue weighted by Gasteiger charge is 2.26. The molecule has 0 radical (unpaired) electrons. The van der Waals surface area contributed by atoms with Gasteiger partial charge in [-0.1, -0.05) is 23.7 Å². The van der Waals surface area contributed by atoms with E-state index < -0.39 is 6.03 Å². The molecule has 1 saturated heterocycles. The van der Waals surface area contributed by atoms with Gasteiger partial charge in [-0.25, -0.2) is 9.48 Å². The minimum atomic E-state index is -0.421. The number of carbonyl (C=O) groups is 2. The van der Waals surface area contributed by atoms with Crippen molar-refractivity contribution in [1.29, 1.82) is 0 Å². The maximum atomic E-state index is 12.6. The molecule has 32 heavy (non-hydrogen) atoms. The standard InChI is InChI=1S/C22H25ClN6O2S/c1-14(2)28-8-7-15(11-28)25-21(30)20-9-17(13-32-20)29-12-16(10-24-29)26-22(31)27-19-6-4-3-5-18(19)23/h3-6,9-10,12-15H,7-8,11H2,1-2H3,(H,25,30)(H2,26,27,31). The van der Waals surface area contributed by atoms with Crippen LogP contribution in [-0.4, -0.2) is 51.8 Å². The molecule has 1 aliphatic heterocycles. The lowest BCUT2D eigenvalue weighted by Crippen LogP contribution is -2.38. The Morgan fingerprint density at radius 3 is 2.81 bits per heavy atom. The second-order valence-corrected chi connectivity index (χ2v) is 9.27. The number of benzene rings is 1. The summed E-state index contributed by atoms with van der Waals surface area (Å²) >= 11 is 7.43. The third-order valence-electron chi connectivity index (χ3n) is 5.32. The first kappa shape index (κ1) is 22.3. The molecule has 1 atom stereocenters. The zero-order chi connectivity index (χ0) is 22.7. The molecule has 0 bridgehead atoms. The average Bonchev–Trinajstić information content (AvgIpc) is 3.50. The molecule has 4 rings (SSSR count). The van der Waals surface area contributed by atoms with E-state index in [2.05, 4.69) is 39.8 Å². The Hall–Kier alpha value is -2.88. The summed E-state index contributed by atoms with van der Waals surface area (Å²) in [5, 5.41) is 15.2. The smallest absolute Gasteiger partial charge is 0.323 e. The molecule has 0 aliphatic carbocycles. The van der Waals surface area contributed by atoms with E-state index in [1.807, 2.05) is 5.38 Å². The summed E-state index contributed by atoms with van der Waals surface area (Å²) < 4.78 is 1.62. The predicted octanol–water partition coefficient (Wildman–Crippen LogP) is 4.44. The molecule has 3 N–H and O–H groups in total. The third-order valence-corrected chi connectivity index (χ3v) is 6.57. The number of hydrogen-bond donors (Lipinski definition) is 3. The van der Waals surface area contributed by atoms with Gasteiger partial charge in [-0.15, -0.1) is 11.3 Å². The lowest BCUT2D eigenvalue weighted by atomic mass is 10.2. The molecule has 10 heteroatoms. The van der Waals surface area contributed by atoms with Gasteiger partial charge in [0.2, 0.25) is 0 Å². The van der Waals surface area contributed by atoms with Crippen molar-refractivity contribution in [2.75, 3.05) is 23.7 Å². The van der Waals surface area contributed by atoms with Crippen molar-refractivity contribution in [3.8, 4) is 5.69 Å². The number of amides is 3. The highest BCUT2D eigenvalue weighted by Crippen LogP contribution is 2.22. The Bertz CT molecular complexity index is 1110.